The van der Waals surface area contributed by atoms with Gasteiger partial charge in [-0.3, -0.25) is 14.3 Å². The zero-order chi connectivity index (χ0) is 17.8. The van der Waals surface area contributed by atoms with Crippen molar-refractivity contribution >= 4 is 11.8 Å². The van der Waals surface area contributed by atoms with E-state index in [1.54, 1.807) is 18.0 Å². The van der Waals surface area contributed by atoms with Gasteiger partial charge < -0.3 is 15.0 Å². The van der Waals surface area contributed by atoms with Crippen LogP contribution in [0.15, 0.2) is 18.5 Å². The summed E-state index contributed by atoms with van der Waals surface area (Å²) < 4.78 is 6.73. The van der Waals surface area contributed by atoms with E-state index in [1.807, 2.05) is 37.9 Å². The van der Waals surface area contributed by atoms with Gasteiger partial charge in [0.25, 0.3) is 0 Å². The van der Waals surface area contributed by atoms with Gasteiger partial charge in [0.05, 0.1) is 6.61 Å². The van der Waals surface area contributed by atoms with Crippen molar-refractivity contribution in [3.05, 3.63) is 18.5 Å². The SMILES string of the molecule is COCCNC(=O)C1(n2cccn2)CCN(C(=O)C(C)(C)C)CC1. The maximum absolute atomic E-state index is 12.8. The molecule has 1 N–H and O–H groups in total. The standard InChI is InChI=1S/C17H28N4O3/c1-16(2,3)15(23)20-11-6-17(7-12-20,21-10-5-8-19-21)14(22)18-9-13-24-4/h5,8,10H,6-7,9,11-13H2,1-4H3,(H,18,22). The molecule has 1 fully saturated rings. The van der Waals surface area contributed by atoms with Crippen LogP contribution in [-0.2, 0) is 19.9 Å². The highest BCUT2D eigenvalue weighted by Gasteiger charge is 2.45. The maximum atomic E-state index is 12.8. The summed E-state index contributed by atoms with van der Waals surface area (Å²) in [5, 5.41) is 7.23. The third-order valence-electron chi connectivity index (χ3n) is 4.48. The molecule has 0 spiro atoms. The molecule has 1 aromatic heterocycles. The third-order valence-corrected chi connectivity index (χ3v) is 4.48. The first-order chi connectivity index (χ1) is 11.3. The van der Waals surface area contributed by atoms with Gasteiger partial charge in [0.15, 0.2) is 0 Å². The van der Waals surface area contributed by atoms with Crippen LogP contribution in [0.1, 0.15) is 33.6 Å². The highest BCUT2D eigenvalue weighted by atomic mass is 16.5. The molecule has 1 aliphatic rings. The number of amides is 2. The number of hydrogen-bond donors (Lipinski definition) is 1. The summed E-state index contributed by atoms with van der Waals surface area (Å²) in [6.45, 7) is 7.78. The van der Waals surface area contributed by atoms with Crippen LogP contribution in [-0.4, -0.2) is 59.8 Å². The summed E-state index contributed by atoms with van der Waals surface area (Å²) >= 11 is 0. The van der Waals surface area contributed by atoms with Crippen molar-refractivity contribution in [1.29, 1.82) is 0 Å². The van der Waals surface area contributed by atoms with Crippen molar-refractivity contribution in [2.45, 2.75) is 39.2 Å². The number of methoxy groups -OCH3 is 1. The van der Waals surface area contributed by atoms with E-state index in [2.05, 4.69) is 10.4 Å². The summed E-state index contributed by atoms with van der Waals surface area (Å²) in [4.78, 5) is 27.2. The second-order valence-electron chi connectivity index (χ2n) is 7.27. The second kappa shape index (κ2) is 7.34. The van der Waals surface area contributed by atoms with Crippen LogP contribution in [0.5, 0.6) is 0 Å². The number of nitrogens with zero attached hydrogens (tertiary/aromatic N) is 3. The lowest BCUT2D eigenvalue weighted by atomic mass is 9.84. The molecule has 0 radical (unpaired) electrons. The normalized spacial score (nSPS) is 17.6. The Hall–Kier alpha value is -1.89. The minimum atomic E-state index is -0.744. The number of carbonyl (C=O) groups is 2. The predicted octanol–water partition coefficient (Wildman–Crippen LogP) is 1.01. The lowest BCUT2D eigenvalue weighted by molar-refractivity contribution is -0.145. The third kappa shape index (κ3) is 3.77. The zero-order valence-electron chi connectivity index (χ0n) is 15.0. The number of likely N-dealkylation sites (tertiary alicyclic amines) is 1. The number of hydrogen-bond acceptors (Lipinski definition) is 4. The zero-order valence-corrected chi connectivity index (χ0v) is 15.0. The monoisotopic (exact) mass is 336 g/mol. The van der Waals surface area contributed by atoms with Gasteiger partial charge in [0.1, 0.15) is 5.54 Å². The molecule has 7 nitrogen and oxygen atoms in total. The highest BCUT2D eigenvalue weighted by molar-refractivity contribution is 5.86. The molecule has 0 unspecified atom stereocenters. The molecule has 0 saturated carbocycles. The minimum absolute atomic E-state index is 0.0638. The number of ether oxygens (including phenoxy) is 1. The van der Waals surface area contributed by atoms with E-state index in [4.69, 9.17) is 4.74 Å². The Morgan fingerprint density at radius 1 is 1.29 bits per heavy atom. The first-order valence-electron chi connectivity index (χ1n) is 8.38. The molecule has 24 heavy (non-hydrogen) atoms. The first kappa shape index (κ1) is 18.4. The van der Waals surface area contributed by atoms with Gasteiger partial charge in [-0.1, -0.05) is 20.8 Å². The van der Waals surface area contributed by atoms with Crippen molar-refractivity contribution in [3.63, 3.8) is 0 Å². The fraction of sp³-hybridized carbons (Fsp3) is 0.706. The molecule has 2 heterocycles. The van der Waals surface area contributed by atoms with Crippen LogP contribution < -0.4 is 5.32 Å². The molecular weight excluding hydrogens is 308 g/mol. The molecule has 0 bridgehead atoms. The molecule has 0 aromatic carbocycles. The number of rotatable bonds is 5. The Morgan fingerprint density at radius 3 is 2.46 bits per heavy atom. The molecule has 7 heteroatoms. The van der Waals surface area contributed by atoms with Crippen LogP contribution >= 0.6 is 0 Å². The van der Waals surface area contributed by atoms with Gasteiger partial charge in [-0.05, 0) is 18.9 Å². The maximum Gasteiger partial charge on any atom is 0.248 e. The van der Waals surface area contributed by atoms with Gasteiger partial charge in [-0.2, -0.15) is 5.10 Å². The molecule has 134 valence electrons. The van der Waals surface area contributed by atoms with Gasteiger partial charge >= 0.3 is 0 Å². The summed E-state index contributed by atoms with van der Waals surface area (Å²) in [5.41, 5.74) is -1.15. The Morgan fingerprint density at radius 2 is 1.96 bits per heavy atom. The fourth-order valence-electron chi connectivity index (χ4n) is 3.07. The van der Waals surface area contributed by atoms with E-state index < -0.39 is 11.0 Å². The second-order valence-corrected chi connectivity index (χ2v) is 7.27. The van der Waals surface area contributed by atoms with E-state index in [0.29, 0.717) is 39.1 Å². The molecule has 1 saturated heterocycles. The molecule has 2 rings (SSSR count). The smallest absolute Gasteiger partial charge is 0.248 e. The largest absolute Gasteiger partial charge is 0.383 e. The summed E-state index contributed by atoms with van der Waals surface area (Å²) in [7, 11) is 1.60. The molecule has 0 aliphatic carbocycles. The Balaban J connectivity index is 2.13. The van der Waals surface area contributed by atoms with Crippen molar-refractivity contribution in [2.75, 3.05) is 33.4 Å². The van der Waals surface area contributed by atoms with Crippen LogP contribution in [0.3, 0.4) is 0 Å². The van der Waals surface area contributed by atoms with Crippen molar-refractivity contribution in [1.82, 2.24) is 20.0 Å². The van der Waals surface area contributed by atoms with E-state index in [9.17, 15) is 9.59 Å². The predicted molar refractivity (Wildman–Crippen MR) is 90.4 cm³/mol. The summed E-state index contributed by atoms with van der Waals surface area (Å²) in [5.74, 6) is 0.0578. The molecular formula is C17H28N4O3. The highest BCUT2D eigenvalue weighted by Crippen LogP contribution is 2.32. The average Bonchev–Trinajstić information content (AvgIpc) is 3.08. The van der Waals surface area contributed by atoms with E-state index in [0.717, 1.165) is 0 Å². The number of nitrogens with one attached hydrogen (secondary N) is 1. The van der Waals surface area contributed by atoms with Crippen molar-refractivity contribution in [3.8, 4) is 0 Å². The lowest BCUT2D eigenvalue weighted by Crippen LogP contribution is -2.57. The van der Waals surface area contributed by atoms with Gasteiger partial charge in [0.2, 0.25) is 11.8 Å². The van der Waals surface area contributed by atoms with E-state index in [1.165, 1.54) is 0 Å². The number of aromatic nitrogens is 2. The number of carbonyl (C=O) groups excluding carboxylic acids is 2. The summed E-state index contributed by atoms with van der Waals surface area (Å²) in [6.07, 6.45) is 4.60. The Labute approximate surface area is 143 Å². The van der Waals surface area contributed by atoms with Crippen LogP contribution in [0.2, 0.25) is 0 Å². The molecule has 1 aromatic rings. The van der Waals surface area contributed by atoms with Crippen molar-refractivity contribution < 1.29 is 14.3 Å². The quantitative estimate of drug-likeness (QED) is 0.814. The van der Waals surface area contributed by atoms with E-state index >= 15 is 0 Å². The lowest BCUT2D eigenvalue weighted by Gasteiger charge is -2.42. The molecule has 1 aliphatic heterocycles. The summed E-state index contributed by atoms with van der Waals surface area (Å²) in [6, 6.07) is 1.82. The van der Waals surface area contributed by atoms with Gasteiger partial charge in [0, 0.05) is 44.6 Å². The molecule has 0 atom stereocenters. The van der Waals surface area contributed by atoms with E-state index in [-0.39, 0.29) is 11.8 Å². The Bertz CT molecular complexity index is 555. The van der Waals surface area contributed by atoms with Crippen LogP contribution in [0.4, 0.5) is 0 Å². The van der Waals surface area contributed by atoms with Gasteiger partial charge in [-0.25, -0.2) is 0 Å². The van der Waals surface area contributed by atoms with Crippen LogP contribution in [0, 0.1) is 5.41 Å². The minimum Gasteiger partial charge on any atom is -0.383 e. The average molecular weight is 336 g/mol. The molecule has 2 amide bonds. The van der Waals surface area contributed by atoms with Crippen molar-refractivity contribution in [2.24, 2.45) is 5.41 Å². The van der Waals surface area contributed by atoms with Crippen LogP contribution in [0.25, 0.3) is 0 Å². The number of piperidine rings is 1. The fourth-order valence-corrected chi connectivity index (χ4v) is 3.07. The first-order valence-corrected chi connectivity index (χ1v) is 8.38. The Kier molecular flexibility index (Phi) is 5.64. The topological polar surface area (TPSA) is 76.5 Å². The van der Waals surface area contributed by atoms with Gasteiger partial charge in [-0.15, -0.1) is 0 Å².